The van der Waals surface area contributed by atoms with Crippen molar-refractivity contribution >= 4 is 20.9 Å². The summed E-state index contributed by atoms with van der Waals surface area (Å²) in [6.45, 7) is 2.23. The summed E-state index contributed by atoms with van der Waals surface area (Å²) < 4.78 is 25.0. The van der Waals surface area contributed by atoms with Crippen LogP contribution < -0.4 is 0 Å². The molecule has 5 nitrogen and oxygen atoms in total. The minimum Gasteiger partial charge on any atom is -0.325 e. The lowest BCUT2D eigenvalue weighted by molar-refractivity contribution is 0.596. The van der Waals surface area contributed by atoms with E-state index in [4.69, 9.17) is 4.98 Å². The zero-order chi connectivity index (χ0) is 16.9. The maximum absolute atomic E-state index is 11.4. The third-order valence-electron chi connectivity index (χ3n) is 4.56. The van der Waals surface area contributed by atoms with Gasteiger partial charge in [0.2, 0.25) is 0 Å². The fraction of sp³-hybridized carbons (Fsp3) is 0.333. The quantitative estimate of drug-likeness (QED) is 0.734. The molecule has 1 aliphatic heterocycles. The van der Waals surface area contributed by atoms with Crippen molar-refractivity contribution in [3.05, 3.63) is 48.0 Å². The van der Waals surface area contributed by atoms with E-state index in [0.717, 1.165) is 40.8 Å². The Kier molecular flexibility index (Phi) is 3.46. The number of hydrogen-bond donors (Lipinski definition) is 0. The Balaban J connectivity index is 1.73. The number of fused-ring (bicyclic) bond motifs is 3. The van der Waals surface area contributed by atoms with Crippen LogP contribution in [0.1, 0.15) is 30.9 Å². The Morgan fingerprint density at radius 2 is 2.00 bits per heavy atom. The van der Waals surface area contributed by atoms with Crippen molar-refractivity contribution in [2.24, 2.45) is 0 Å². The number of imidazole rings is 1. The second kappa shape index (κ2) is 5.41. The number of aromatic nitrogens is 3. The molecule has 3 aromatic rings. The summed E-state index contributed by atoms with van der Waals surface area (Å²) in [7, 11) is -3.06. The van der Waals surface area contributed by atoms with Gasteiger partial charge in [0.1, 0.15) is 5.82 Å². The van der Waals surface area contributed by atoms with Crippen LogP contribution in [0.5, 0.6) is 0 Å². The van der Waals surface area contributed by atoms with Crippen LogP contribution in [-0.2, 0) is 22.0 Å². The fourth-order valence-electron chi connectivity index (χ4n) is 3.41. The van der Waals surface area contributed by atoms with Crippen LogP contribution >= 0.6 is 0 Å². The Labute approximate surface area is 141 Å². The van der Waals surface area contributed by atoms with Gasteiger partial charge < -0.3 is 4.57 Å². The summed E-state index contributed by atoms with van der Waals surface area (Å²) in [6.07, 6.45) is 5.14. The Morgan fingerprint density at radius 3 is 2.71 bits per heavy atom. The summed E-state index contributed by atoms with van der Waals surface area (Å²) in [5.41, 5.74) is 4.81. The molecule has 1 unspecified atom stereocenters. The largest absolute Gasteiger partial charge is 0.325 e. The van der Waals surface area contributed by atoms with E-state index in [0.29, 0.717) is 11.7 Å². The number of nitrogens with zero attached hydrogens (tertiary/aromatic N) is 3. The molecule has 2 aromatic heterocycles. The van der Waals surface area contributed by atoms with Gasteiger partial charge in [-0.3, -0.25) is 4.98 Å². The highest BCUT2D eigenvalue weighted by Gasteiger charge is 2.22. The number of aryl methyl sites for hydroxylation is 1. The average molecular weight is 341 g/mol. The lowest BCUT2D eigenvalue weighted by Gasteiger charge is -2.09. The van der Waals surface area contributed by atoms with Gasteiger partial charge in [-0.05, 0) is 37.1 Å². The Bertz CT molecular complexity index is 1020. The number of sulfone groups is 1. The van der Waals surface area contributed by atoms with Crippen molar-refractivity contribution in [2.75, 3.05) is 6.26 Å². The molecule has 124 valence electrons. The molecule has 24 heavy (non-hydrogen) atoms. The van der Waals surface area contributed by atoms with Gasteiger partial charge in [0.25, 0.3) is 0 Å². The molecule has 1 aliphatic rings. The van der Waals surface area contributed by atoms with Crippen molar-refractivity contribution in [3.8, 4) is 11.1 Å². The Hall–Kier alpha value is -2.21. The van der Waals surface area contributed by atoms with Crippen LogP contribution in [0.15, 0.2) is 36.5 Å². The molecule has 6 heteroatoms. The maximum atomic E-state index is 11.4. The first-order chi connectivity index (χ1) is 11.4. The second-order valence-electron chi connectivity index (χ2n) is 6.60. The van der Waals surface area contributed by atoms with Crippen LogP contribution in [0.3, 0.4) is 0 Å². The van der Waals surface area contributed by atoms with Gasteiger partial charge in [-0.15, -0.1) is 0 Å². The van der Waals surface area contributed by atoms with Crippen LogP contribution in [0.4, 0.5) is 0 Å². The summed E-state index contributed by atoms with van der Waals surface area (Å²) in [6, 6.07) is 10.4. The van der Waals surface area contributed by atoms with E-state index in [1.807, 2.05) is 18.2 Å². The molecule has 0 radical (unpaired) electrons. The minimum absolute atomic E-state index is 0.0278. The van der Waals surface area contributed by atoms with Crippen LogP contribution in [0, 0.1) is 0 Å². The molecule has 0 spiro atoms. The van der Waals surface area contributed by atoms with Gasteiger partial charge in [-0.2, -0.15) is 0 Å². The van der Waals surface area contributed by atoms with Gasteiger partial charge in [-0.25, -0.2) is 13.4 Å². The highest BCUT2D eigenvalue weighted by molar-refractivity contribution is 7.89. The van der Waals surface area contributed by atoms with Crippen molar-refractivity contribution in [1.82, 2.24) is 14.5 Å². The number of pyridine rings is 1. The van der Waals surface area contributed by atoms with E-state index in [-0.39, 0.29) is 5.75 Å². The van der Waals surface area contributed by atoms with E-state index in [1.165, 1.54) is 6.26 Å². The number of rotatable bonds is 3. The first kappa shape index (κ1) is 15.3. The molecule has 1 atom stereocenters. The second-order valence-corrected chi connectivity index (χ2v) is 8.74. The molecule has 0 saturated carbocycles. The van der Waals surface area contributed by atoms with E-state index in [1.54, 1.807) is 12.3 Å². The molecule has 0 aliphatic carbocycles. The topological polar surface area (TPSA) is 64.8 Å². The summed E-state index contributed by atoms with van der Waals surface area (Å²) in [4.78, 5) is 9.01. The predicted molar refractivity (Wildman–Crippen MR) is 94.5 cm³/mol. The zero-order valence-corrected chi connectivity index (χ0v) is 14.5. The standard InChI is InChI=1S/C18H19N3O2S/c1-12-3-8-18-20-16-7-5-13(9-17(16)21(12)18)14-4-6-15(19-10-14)11-24(2,22)23/h4-7,9-10,12H,3,8,11H2,1-2H3. The molecule has 1 aromatic carbocycles. The monoisotopic (exact) mass is 341 g/mol. The maximum Gasteiger partial charge on any atom is 0.153 e. The molecule has 0 bridgehead atoms. The van der Waals surface area contributed by atoms with E-state index in [2.05, 4.69) is 22.5 Å². The van der Waals surface area contributed by atoms with Gasteiger partial charge in [-0.1, -0.05) is 12.1 Å². The smallest absolute Gasteiger partial charge is 0.153 e. The first-order valence-corrected chi connectivity index (χ1v) is 10.1. The lowest BCUT2D eigenvalue weighted by Crippen LogP contribution is -2.02. The molecule has 0 amide bonds. The Morgan fingerprint density at radius 1 is 1.21 bits per heavy atom. The molecule has 0 saturated heterocycles. The zero-order valence-electron chi connectivity index (χ0n) is 13.7. The molecule has 3 heterocycles. The third kappa shape index (κ3) is 2.71. The van der Waals surface area contributed by atoms with Gasteiger partial charge in [0, 0.05) is 30.5 Å². The normalized spacial score (nSPS) is 17.3. The molecular formula is C18H19N3O2S. The van der Waals surface area contributed by atoms with E-state index in [9.17, 15) is 8.42 Å². The van der Waals surface area contributed by atoms with Gasteiger partial charge >= 0.3 is 0 Å². The minimum atomic E-state index is -3.06. The number of benzene rings is 1. The van der Waals surface area contributed by atoms with Crippen LogP contribution in [-0.4, -0.2) is 29.2 Å². The van der Waals surface area contributed by atoms with Crippen molar-refractivity contribution in [1.29, 1.82) is 0 Å². The van der Waals surface area contributed by atoms with Crippen LogP contribution in [0.25, 0.3) is 22.2 Å². The van der Waals surface area contributed by atoms with Gasteiger partial charge in [0.05, 0.1) is 22.5 Å². The molecule has 4 rings (SSSR count). The van der Waals surface area contributed by atoms with Gasteiger partial charge in [0.15, 0.2) is 9.84 Å². The van der Waals surface area contributed by atoms with Crippen molar-refractivity contribution in [2.45, 2.75) is 31.6 Å². The van der Waals surface area contributed by atoms with Crippen molar-refractivity contribution < 1.29 is 8.42 Å². The predicted octanol–water partition coefficient (Wildman–Crippen LogP) is 3.15. The first-order valence-electron chi connectivity index (χ1n) is 8.04. The molecule has 0 N–H and O–H groups in total. The van der Waals surface area contributed by atoms with Crippen LogP contribution in [0.2, 0.25) is 0 Å². The number of hydrogen-bond acceptors (Lipinski definition) is 4. The summed E-state index contributed by atoms with van der Waals surface area (Å²) in [5, 5.41) is 0. The summed E-state index contributed by atoms with van der Waals surface area (Å²) in [5.74, 6) is 1.14. The lowest BCUT2D eigenvalue weighted by atomic mass is 10.1. The van der Waals surface area contributed by atoms with Crippen molar-refractivity contribution in [3.63, 3.8) is 0 Å². The van der Waals surface area contributed by atoms with E-state index < -0.39 is 9.84 Å². The van der Waals surface area contributed by atoms with E-state index >= 15 is 0 Å². The molecule has 0 fully saturated rings. The third-order valence-corrected chi connectivity index (χ3v) is 5.38. The summed E-state index contributed by atoms with van der Waals surface area (Å²) >= 11 is 0. The molecular weight excluding hydrogens is 322 g/mol. The highest BCUT2D eigenvalue weighted by atomic mass is 32.2. The highest BCUT2D eigenvalue weighted by Crippen LogP contribution is 2.32. The average Bonchev–Trinajstić information content (AvgIpc) is 3.06. The SMILES string of the molecule is CC1CCc2nc3ccc(-c4ccc(CS(C)(=O)=O)nc4)cc3n21. The fourth-order valence-corrected chi connectivity index (χ4v) is 4.11.